The molecular formula is C18H22FN5O. The number of para-hydroxylation sites is 1. The van der Waals surface area contributed by atoms with E-state index in [4.69, 9.17) is 0 Å². The van der Waals surface area contributed by atoms with Gasteiger partial charge in [-0.15, -0.1) is 0 Å². The van der Waals surface area contributed by atoms with Crippen molar-refractivity contribution in [2.24, 2.45) is 0 Å². The van der Waals surface area contributed by atoms with Crippen molar-refractivity contribution in [2.75, 3.05) is 5.32 Å². The molecule has 0 spiro atoms. The van der Waals surface area contributed by atoms with Crippen molar-refractivity contribution in [3.8, 4) is 0 Å². The fourth-order valence-corrected chi connectivity index (χ4v) is 2.64. The van der Waals surface area contributed by atoms with Crippen LogP contribution in [0, 0.1) is 5.82 Å². The number of hydrogen-bond acceptors (Lipinski definition) is 5. The Morgan fingerprint density at radius 1 is 1.08 bits per heavy atom. The largest absolute Gasteiger partial charge is 0.365 e. The van der Waals surface area contributed by atoms with Crippen molar-refractivity contribution in [1.82, 2.24) is 21.7 Å². The third kappa shape index (κ3) is 4.33. The van der Waals surface area contributed by atoms with Crippen molar-refractivity contribution < 1.29 is 9.18 Å². The molecule has 2 aromatic carbocycles. The molecule has 2 unspecified atom stereocenters. The lowest BCUT2D eigenvalue weighted by molar-refractivity contribution is -0.123. The molecule has 2 aromatic rings. The van der Waals surface area contributed by atoms with E-state index >= 15 is 0 Å². The van der Waals surface area contributed by atoms with Crippen LogP contribution in [0.5, 0.6) is 0 Å². The Morgan fingerprint density at radius 3 is 2.52 bits per heavy atom. The minimum atomic E-state index is -0.588. The van der Waals surface area contributed by atoms with Crippen molar-refractivity contribution in [1.29, 1.82) is 0 Å². The molecule has 1 amide bonds. The van der Waals surface area contributed by atoms with E-state index in [1.54, 1.807) is 18.2 Å². The minimum Gasteiger partial charge on any atom is -0.365 e. The molecule has 1 aliphatic heterocycles. The van der Waals surface area contributed by atoms with Crippen LogP contribution in [0.25, 0.3) is 0 Å². The predicted octanol–water partition coefficient (Wildman–Crippen LogP) is 1.42. The Morgan fingerprint density at radius 2 is 1.80 bits per heavy atom. The molecule has 0 aliphatic carbocycles. The molecule has 5 N–H and O–H groups in total. The number of amides is 1. The normalized spacial score (nSPS) is 19.6. The van der Waals surface area contributed by atoms with Gasteiger partial charge >= 0.3 is 0 Å². The van der Waals surface area contributed by atoms with Gasteiger partial charge in [0.15, 0.2) is 0 Å². The summed E-state index contributed by atoms with van der Waals surface area (Å²) in [4.78, 5) is 12.4. The fourth-order valence-electron chi connectivity index (χ4n) is 2.64. The second-order valence-corrected chi connectivity index (χ2v) is 5.88. The van der Waals surface area contributed by atoms with Crippen molar-refractivity contribution in [3.63, 3.8) is 0 Å². The summed E-state index contributed by atoms with van der Waals surface area (Å²) in [7, 11) is 0. The van der Waals surface area contributed by atoms with E-state index in [9.17, 15) is 9.18 Å². The van der Waals surface area contributed by atoms with Gasteiger partial charge in [-0.05, 0) is 29.7 Å². The van der Waals surface area contributed by atoms with Gasteiger partial charge in [-0.25, -0.2) is 15.2 Å². The zero-order chi connectivity index (χ0) is 17.6. The molecule has 7 heteroatoms. The lowest BCUT2D eigenvalue weighted by Gasteiger charge is -2.20. The Kier molecular flexibility index (Phi) is 5.60. The summed E-state index contributed by atoms with van der Waals surface area (Å²) in [6.07, 6.45) is 0.499. The summed E-state index contributed by atoms with van der Waals surface area (Å²) in [5, 5.41) is 5.87. The van der Waals surface area contributed by atoms with Crippen LogP contribution in [0.2, 0.25) is 0 Å². The number of benzene rings is 2. The molecule has 1 fully saturated rings. The average molecular weight is 343 g/mol. The number of hydrazine groups is 2. The molecule has 132 valence electrons. The van der Waals surface area contributed by atoms with Gasteiger partial charge in [0, 0.05) is 6.54 Å². The van der Waals surface area contributed by atoms with E-state index in [0.717, 1.165) is 12.0 Å². The van der Waals surface area contributed by atoms with Crippen LogP contribution in [0.3, 0.4) is 0 Å². The number of nitrogens with one attached hydrogen (secondary N) is 5. The van der Waals surface area contributed by atoms with Gasteiger partial charge in [0.05, 0.1) is 5.69 Å². The second-order valence-electron chi connectivity index (χ2n) is 5.88. The molecule has 0 bridgehead atoms. The molecule has 1 saturated heterocycles. The molecule has 2 atom stereocenters. The summed E-state index contributed by atoms with van der Waals surface area (Å²) in [6.45, 7) is 2.54. The third-order valence-electron chi connectivity index (χ3n) is 4.15. The topological polar surface area (TPSA) is 77.2 Å². The van der Waals surface area contributed by atoms with Gasteiger partial charge in [0.1, 0.15) is 18.0 Å². The van der Waals surface area contributed by atoms with Crippen LogP contribution in [-0.2, 0) is 17.8 Å². The maximum atomic E-state index is 13.8. The van der Waals surface area contributed by atoms with Crippen LogP contribution in [0.4, 0.5) is 10.1 Å². The monoisotopic (exact) mass is 343 g/mol. The van der Waals surface area contributed by atoms with Crippen molar-refractivity contribution >= 4 is 11.6 Å². The maximum Gasteiger partial charge on any atom is 0.242 e. The van der Waals surface area contributed by atoms with Crippen LogP contribution in [0.1, 0.15) is 18.1 Å². The molecule has 25 heavy (non-hydrogen) atoms. The maximum absolute atomic E-state index is 13.8. The fraction of sp³-hybridized carbons (Fsp3) is 0.278. The number of aryl methyl sites for hydroxylation is 1. The van der Waals surface area contributed by atoms with Gasteiger partial charge in [-0.2, -0.15) is 5.53 Å². The van der Waals surface area contributed by atoms with Gasteiger partial charge in [0.25, 0.3) is 0 Å². The average Bonchev–Trinajstić information content (AvgIpc) is 3.10. The molecule has 3 rings (SSSR count). The first-order chi connectivity index (χ1) is 12.2. The highest BCUT2D eigenvalue weighted by molar-refractivity contribution is 5.83. The molecule has 6 nitrogen and oxygen atoms in total. The number of carbonyl (C=O) groups excluding carboxylic acids is 1. The Labute approximate surface area is 146 Å². The number of halogens is 1. The van der Waals surface area contributed by atoms with Gasteiger partial charge in [-0.1, -0.05) is 43.3 Å². The van der Waals surface area contributed by atoms with Gasteiger partial charge < -0.3 is 10.6 Å². The summed E-state index contributed by atoms with van der Waals surface area (Å²) in [5.74, 6) is -0.558. The second kappa shape index (κ2) is 8.06. The highest BCUT2D eigenvalue weighted by Crippen LogP contribution is 2.14. The first-order valence-electron chi connectivity index (χ1n) is 8.30. The van der Waals surface area contributed by atoms with Crippen LogP contribution in [-0.4, -0.2) is 18.1 Å². The number of anilines is 1. The van der Waals surface area contributed by atoms with Crippen LogP contribution >= 0.6 is 0 Å². The molecule has 1 heterocycles. The molecule has 0 radical (unpaired) electrons. The standard InChI is InChI=1S/C18H22FN5O/c1-2-12-7-9-13(10-8-12)11-20-18(25)16-17(23-24-22-16)21-15-6-4-3-5-14(15)19/h3-10,16-17,21-24H,2,11H2,1H3,(H,20,25). The highest BCUT2D eigenvalue weighted by atomic mass is 19.1. The molecule has 0 saturated carbocycles. The third-order valence-corrected chi connectivity index (χ3v) is 4.15. The lowest BCUT2D eigenvalue weighted by atomic mass is 10.1. The predicted molar refractivity (Wildman–Crippen MR) is 94.7 cm³/mol. The lowest BCUT2D eigenvalue weighted by Crippen LogP contribution is -2.50. The Hall–Kier alpha value is -2.48. The summed E-state index contributed by atoms with van der Waals surface area (Å²) in [6, 6.07) is 13.9. The number of carbonyl (C=O) groups is 1. The summed E-state index contributed by atoms with van der Waals surface area (Å²) >= 11 is 0. The van der Waals surface area contributed by atoms with E-state index in [-0.39, 0.29) is 11.7 Å². The quantitative estimate of drug-likeness (QED) is 0.548. The molecule has 0 aromatic heterocycles. The molecular weight excluding hydrogens is 321 g/mol. The van der Waals surface area contributed by atoms with E-state index in [1.807, 2.05) is 12.1 Å². The van der Waals surface area contributed by atoms with E-state index < -0.39 is 12.2 Å². The smallest absolute Gasteiger partial charge is 0.242 e. The highest BCUT2D eigenvalue weighted by Gasteiger charge is 2.32. The van der Waals surface area contributed by atoms with Gasteiger partial charge in [0.2, 0.25) is 5.91 Å². The Balaban J connectivity index is 1.57. The van der Waals surface area contributed by atoms with Crippen molar-refractivity contribution in [3.05, 3.63) is 65.5 Å². The van der Waals surface area contributed by atoms with Crippen molar-refractivity contribution in [2.45, 2.75) is 32.1 Å². The van der Waals surface area contributed by atoms with E-state index in [2.05, 4.69) is 46.1 Å². The zero-order valence-corrected chi connectivity index (χ0v) is 14.0. The molecule has 1 aliphatic rings. The van der Waals surface area contributed by atoms with E-state index in [1.165, 1.54) is 11.6 Å². The first kappa shape index (κ1) is 17.3. The van der Waals surface area contributed by atoms with Gasteiger partial charge in [-0.3, -0.25) is 4.79 Å². The number of rotatable bonds is 6. The zero-order valence-electron chi connectivity index (χ0n) is 14.0. The first-order valence-corrected chi connectivity index (χ1v) is 8.30. The SMILES string of the molecule is CCc1ccc(CNC(=O)C2NNNC2Nc2ccccc2F)cc1. The van der Waals surface area contributed by atoms with E-state index in [0.29, 0.717) is 12.2 Å². The van der Waals surface area contributed by atoms with Crippen LogP contribution < -0.4 is 27.0 Å². The summed E-state index contributed by atoms with van der Waals surface area (Å²) in [5.41, 5.74) is 11.1. The number of hydrogen-bond donors (Lipinski definition) is 5. The Bertz CT molecular complexity index is 722. The summed E-state index contributed by atoms with van der Waals surface area (Å²) < 4.78 is 13.8. The minimum absolute atomic E-state index is 0.189. The van der Waals surface area contributed by atoms with Crippen LogP contribution in [0.15, 0.2) is 48.5 Å².